The van der Waals surface area contributed by atoms with Gasteiger partial charge in [-0.2, -0.15) is 10.5 Å². The number of rotatable bonds is 4. The van der Waals surface area contributed by atoms with E-state index in [1.807, 2.05) is 12.1 Å². The molecule has 1 saturated heterocycles. The van der Waals surface area contributed by atoms with Gasteiger partial charge in [-0.25, -0.2) is 0 Å². The minimum Gasteiger partial charge on any atom is -0.377 e. The van der Waals surface area contributed by atoms with Crippen LogP contribution in [0.4, 0.5) is 5.69 Å². The summed E-state index contributed by atoms with van der Waals surface area (Å²) in [6, 6.07) is 24.1. The highest BCUT2D eigenvalue weighted by molar-refractivity contribution is 7.16. The summed E-state index contributed by atoms with van der Waals surface area (Å²) >= 11 is 1.64. The number of hydrogen-bond donors (Lipinski definition) is 0. The lowest BCUT2D eigenvalue weighted by Crippen LogP contribution is -2.31. The summed E-state index contributed by atoms with van der Waals surface area (Å²) in [5.74, 6) is 0. The number of benzene rings is 2. The number of allylic oxidation sites excluding steroid dienone is 1. The van der Waals surface area contributed by atoms with Gasteiger partial charge in [0.1, 0.15) is 0 Å². The summed E-state index contributed by atoms with van der Waals surface area (Å²) in [6.45, 7) is 6.16. The Kier molecular flexibility index (Phi) is 10.9. The lowest BCUT2D eigenvalue weighted by molar-refractivity contribution is 0.00206. The molecule has 0 spiro atoms. The SMILES string of the molecule is N#C/C(=C\c1ccc(-c2ccc(N3CCOCCOCCOCCOCC3)cc2)s1)c1ccc(C#N)cc1. The van der Waals surface area contributed by atoms with Gasteiger partial charge in [0.15, 0.2) is 0 Å². The minimum atomic E-state index is 0.565. The molecule has 3 aromatic rings. The Morgan fingerprint density at radius 3 is 1.84 bits per heavy atom. The van der Waals surface area contributed by atoms with Crippen molar-refractivity contribution in [1.82, 2.24) is 0 Å². The molecule has 7 nitrogen and oxygen atoms in total. The molecule has 1 fully saturated rings. The lowest BCUT2D eigenvalue weighted by atomic mass is 10.0. The van der Waals surface area contributed by atoms with Crippen molar-refractivity contribution in [1.29, 1.82) is 10.5 Å². The molecular formula is C30H31N3O4S. The van der Waals surface area contributed by atoms with Crippen LogP contribution in [0, 0.1) is 22.7 Å². The molecule has 38 heavy (non-hydrogen) atoms. The van der Waals surface area contributed by atoms with Gasteiger partial charge in [-0.1, -0.05) is 24.3 Å². The zero-order valence-corrected chi connectivity index (χ0v) is 22.1. The summed E-state index contributed by atoms with van der Waals surface area (Å²) < 4.78 is 22.5. The molecule has 4 rings (SSSR count). The van der Waals surface area contributed by atoms with Gasteiger partial charge in [-0.05, 0) is 53.6 Å². The van der Waals surface area contributed by atoms with Crippen molar-refractivity contribution in [2.45, 2.75) is 0 Å². The molecule has 8 heteroatoms. The summed E-state index contributed by atoms with van der Waals surface area (Å²) in [5, 5.41) is 18.7. The van der Waals surface area contributed by atoms with Gasteiger partial charge < -0.3 is 23.8 Å². The standard InChI is InChI=1S/C30H31N3O4S/c31-22-24-1-3-25(4-2-24)27(23-32)21-29-9-10-30(38-29)26-5-7-28(8-6-26)33-11-13-34-15-17-36-19-20-37-18-16-35-14-12-33/h1-10,21H,11-20H2/b27-21+. The smallest absolute Gasteiger partial charge is 0.0998 e. The lowest BCUT2D eigenvalue weighted by Gasteiger charge is -2.25. The van der Waals surface area contributed by atoms with E-state index in [-0.39, 0.29) is 0 Å². The number of nitrogens with zero attached hydrogens (tertiary/aromatic N) is 3. The molecule has 0 N–H and O–H groups in total. The van der Waals surface area contributed by atoms with Gasteiger partial charge in [0, 0.05) is 28.5 Å². The van der Waals surface area contributed by atoms with E-state index in [2.05, 4.69) is 47.4 Å². The summed E-state index contributed by atoms with van der Waals surface area (Å²) in [5.41, 5.74) is 4.17. The van der Waals surface area contributed by atoms with Crippen molar-refractivity contribution in [3.8, 4) is 22.6 Å². The third kappa shape index (κ3) is 8.26. The largest absolute Gasteiger partial charge is 0.377 e. The minimum absolute atomic E-state index is 0.565. The zero-order chi connectivity index (χ0) is 26.4. The highest BCUT2D eigenvalue weighted by atomic mass is 32.1. The van der Waals surface area contributed by atoms with E-state index in [9.17, 15) is 5.26 Å². The Morgan fingerprint density at radius 2 is 1.29 bits per heavy atom. The van der Waals surface area contributed by atoms with E-state index in [4.69, 9.17) is 24.2 Å². The van der Waals surface area contributed by atoms with E-state index >= 15 is 0 Å². The maximum absolute atomic E-state index is 9.67. The summed E-state index contributed by atoms with van der Waals surface area (Å²) in [4.78, 5) is 4.39. The molecule has 1 aromatic heterocycles. The summed E-state index contributed by atoms with van der Waals surface area (Å²) in [6.07, 6.45) is 1.89. The van der Waals surface area contributed by atoms with Crippen LogP contribution < -0.4 is 4.90 Å². The Morgan fingerprint density at radius 1 is 0.711 bits per heavy atom. The van der Waals surface area contributed by atoms with Crippen molar-refractivity contribution in [3.63, 3.8) is 0 Å². The average molecular weight is 530 g/mol. The molecule has 0 aliphatic carbocycles. The van der Waals surface area contributed by atoms with Gasteiger partial charge in [-0.15, -0.1) is 11.3 Å². The Balaban J connectivity index is 1.42. The van der Waals surface area contributed by atoms with Crippen LogP contribution >= 0.6 is 11.3 Å². The van der Waals surface area contributed by atoms with Crippen LogP contribution in [0.1, 0.15) is 16.0 Å². The van der Waals surface area contributed by atoms with Gasteiger partial charge in [-0.3, -0.25) is 0 Å². The fourth-order valence-corrected chi connectivity index (χ4v) is 4.91. The van der Waals surface area contributed by atoms with Crippen LogP contribution in [0.2, 0.25) is 0 Å². The number of nitriles is 2. The van der Waals surface area contributed by atoms with E-state index < -0.39 is 0 Å². The first kappa shape index (κ1) is 27.5. The molecule has 0 saturated carbocycles. The van der Waals surface area contributed by atoms with Crippen molar-refractivity contribution in [2.75, 3.05) is 70.8 Å². The second-order valence-electron chi connectivity index (χ2n) is 8.54. The fourth-order valence-electron chi connectivity index (χ4n) is 3.95. The molecule has 1 aliphatic heterocycles. The average Bonchev–Trinajstić information content (AvgIpc) is 3.43. The Hall–Kier alpha value is -3.50. The van der Waals surface area contributed by atoms with E-state index in [0.717, 1.165) is 39.7 Å². The molecule has 0 bridgehead atoms. The van der Waals surface area contributed by atoms with Gasteiger partial charge >= 0.3 is 0 Å². The van der Waals surface area contributed by atoms with E-state index in [0.29, 0.717) is 64.0 Å². The maximum Gasteiger partial charge on any atom is 0.0998 e. The highest BCUT2D eigenvalue weighted by Gasteiger charge is 2.10. The molecule has 0 unspecified atom stereocenters. The molecule has 0 amide bonds. The monoisotopic (exact) mass is 529 g/mol. The molecule has 2 heterocycles. The number of ether oxygens (including phenoxy) is 4. The van der Waals surface area contributed by atoms with Crippen molar-refractivity contribution < 1.29 is 18.9 Å². The topological polar surface area (TPSA) is 87.7 Å². The van der Waals surface area contributed by atoms with Gasteiger partial charge in [0.25, 0.3) is 0 Å². The van der Waals surface area contributed by atoms with Crippen LogP contribution in [0.5, 0.6) is 0 Å². The third-order valence-corrected chi connectivity index (χ3v) is 7.08. The fraction of sp³-hybridized carbons (Fsp3) is 0.333. The Bertz CT molecular complexity index is 1240. The zero-order valence-electron chi connectivity index (χ0n) is 21.3. The second kappa shape index (κ2) is 15.0. The third-order valence-electron chi connectivity index (χ3n) is 6.00. The van der Waals surface area contributed by atoms with Crippen molar-refractivity contribution in [3.05, 3.63) is 76.7 Å². The molecule has 196 valence electrons. The van der Waals surface area contributed by atoms with E-state index in [1.54, 1.807) is 35.6 Å². The maximum atomic E-state index is 9.67. The van der Waals surface area contributed by atoms with E-state index in [1.165, 1.54) is 0 Å². The van der Waals surface area contributed by atoms with Crippen LogP contribution in [-0.2, 0) is 18.9 Å². The number of thiophene rings is 1. The Labute approximate surface area is 228 Å². The molecular weight excluding hydrogens is 498 g/mol. The number of anilines is 1. The molecule has 0 radical (unpaired) electrons. The van der Waals surface area contributed by atoms with Crippen LogP contribution in [0.3, 0.4) is 0 Å². The second-order valence-corrected chi connectivity index (χ2v) is 9.66. The van der Waals surface area contributed by atoms with Gasteiger partial charge in [0.2, 0.25) is 0 Å². The molecule has 0 atom stereocenters. The molecule has 1 aliphatic rings. The summed E-state index contributed by atoms with van der Waals surface area (Å²) in [7, 11) is 0. The van der Waals surface area contributed by atoms with Crippen LogP contribution in [0.15, 0.2) is 60.7 Å². The van der Waals surface area contributed by atoms with Gasteiger partial charge in [0.05, 0.1) is 76.1 Å². The van der Waals surface area contributed by atoms with Crippen LogP contribution in [0.25, 0.3) is 22.1 Å². The quantitative estimate of drug-likeness (QED) is 0.427. The highest BCUT2D eigenvalue weighted by Crippen LogP contribution is 2.32. The predicted octanol–water partition coefficient (Wildman–Crippen LogP) is 5.24. The first-order valence-electron chi connectivity index (χ1n) is 12.7. The molecule has 2 aromatic carbocycles. The number of hydrogen-bond acceptors (Lipinski definition) is 8. The van der Waals surface area contributed by atoms with Crippen molar-refractivity contribution in [2.24, 2.45) is 0 Å². The normalized spacial score (nSPS) is 16.6. The predicted molar refractivity (Wildman–Crippen MR) is 150 cm³/mol. The first-order chi connectivity index (χ1) is 18.8. The van der Waals surface area contributed by atoms with Crippen LogP contribution in [-0.4, -0.2) is 65.9 Å². The first-order valence-corrected chi connectivity index (χ1v) is 13.5. The van der Waals surface area contributed by atoms with Crippen molar-refractivity contribution >= 4 is 28.7 Å².